The molecule has 0 aromatic carbocycles. The molecule has 0 aliphatic heterocycles. The minimum absolute atomic E-state index is 0. The van der Waals surface area contributed by atoms with Gasteiger partial charge in [-0.3, -0.25) is 4.68 Å². The first-order valence-electron chi connectivity index (χ1n) is 6.56. The lowest BCUT2D eigenvalue weighted by atomic mass is 10.2. The maximum Gasteiger partial charge on any atom is 0.216 e. The average Bonchev–Trinajstić information content (AvgIpc) is 2.88. The van der Waals surface area contributed by atoms with Gasteiger partial charge in [0, 0.05) is 37.0 Å². The molecule has 0 fully saturated rings. The summed E-state index contributed by atoms with van der Waals surface area (Å²) in [6.45, 7) is 9.48. The number of aromatic nitrogens is 4. The zero-order chi connectivity index (χ0) is 14.0. The van der Waals surface area contributed by atoms with Crippen LogP contribution in [0.2, 0.25) is 0 Å². The van der Waals surface area contributed by atoms with Crippen molar-refractivity contribution in [2.75, 3.05) is 5.32 Å². The van der Waals surface area contributed by atoms with E-state index in [-0.39, 0.29) is 18.4 Å². The molecule has 1 N–H and O–H groups in total. The van der Waals surface area contributed by atoms with Gasteiger partial charge in [-0.2, -0.15) is 14.6 Å². The summed E-state index contributed by atoms with van der Waals surface area (Å²) in [6.07, 6.45) is 1.97. The molecule has 0 amide bonds. The zero-order valence-electron chi connectivity index (χ0n) is 12.3. The maximum atomic E-state index is 14.0. The summed E-state index contributed by atoms with van der Waals surface area (Å²) < 4.78 is 17.2. The van der Waals surface area contributed by atoms with Crippen molar-refractivity contribution < 1.29 is 4.39 Å². The highest BCUT2D eigenvalue weighted by Crippen LogP contribution is 2.16. The molecule has 2 heterocycles. The van der Waals surface area contributed by atoms with E-state index in [1.807, 2.05) is 38.6 Å². The van der Waals surface area contributed by atoms with Crippen LogP contribution in [0.1, 0.15) is 30.7 Å². The number of nitrogens with zero attached hydrogens (tertiary/aromatic N) is 4. The molecule has 0 spiro atoms. The van der Waals surface area contributed by atoms with Crippen LogP contribution < -0.4 is 5.32 Å². The first-order valence-corrected chi connectivity index (χ1v) is 6.56. The zero-order valence-corrected chi connectivity index (χ0v) is 13.1. The van der Waals surface area contributed by atoms with Crippen molar-refractivity contribution >= 4 is 18.2 Å². The largest absolute Gasteiger partial charge is 0.364 e. The van der Waals surface area contributed by atoms with Crippen LogP contribution in [-0.2, 0) is 19.6 Å². The molecular formula is C13H21ClFN5. The van der Waals surface area contributed by atoms with Crippen molar-refractivity contribution in [3.05, 3.63) is 29.0 Å². The van der Waals surface area contributed by atoms with Crippen molar-refractivity contribution in [1.29, 1.82) is 0 Å². The third-order valence-electron chi connectivity index (χ3n) is 3.18. The number of rotatable bonds is 5. The van der Waals surface area contributed by atoms with E-state index in [2.05, 4.69) is 15.5 Å². The van der Waals surface area contributed by atoms with E-state index in [0.717, 1.165) is 23.6 Å². The van der Waals surface area contributed by atoms with Crippen LogP contribution in [0.25, 0.3) is 0 Å². The van der Waals surface area contributed by atoms with Gasteiger partial charge in [0.15, 0.2) is 5.82 Å². The fraction of sp³-hybridized carbons (Fsp3) is 0.538. The molecule has 0 radical (unpaired) electrons. The molecule has 2 rings (SSSR count). The Morgan fingerprint density at radius 3 is 2.40 bits per heavy atom. The second-order valence-corrected chi connectivity index (χ2v) is 4.54. The monoisotopic (exact) mass is 301 g/mol. The number of anilines is 1. The van der Waals surface area contributed by atoms with Gasteiger partial charge in [0.2, 0.25) is 5.95 Å². The summed E-state index contributed by atoms with van der Waals surface area (Å²) in [6, 6.07) is 0. The lowest BCUT2D eigenvalue weighted by molar-refractivity contribution is 0.464. The fourth-order valence-electron chi connectivity index (χ4n) is 2.03. The molecule has 2 aromatic rings. The predicted octanol–water partition coefficient (Wildman–Crippen LogP) is 2.91. The lowest BCUT2D eigenvalue weighted by Crippen LogP contribution is -2.06. The molecule has 0 atom stereocenters. The van der Waals surface area contributed by atoms with Crippen LogP contribution in [0.15, 0.2) is 6.20 Å². The number of hydrogen-bond donors (Lipinski definition) is 1. The summed E-state index contributed by atoms with van der Waals surface area (Å²) >= 11 is 0. The summed E-state index contributed by atoms with van der Waals surface area (Å²) in [5, 5.41) is 11.7. The Morgan fingerprint density at radius 2 is 1.90 bits per heavy atom. The van der Waals surface area contributed by atoms with Crippen molar-refractivity contribution in [3.8, 4) is 0 Å². The molecule has 112 valence electrons. The van der Waals surface area contributed by atoms with E-state index >= 15 is 0 Å². The van der Waals surface area contributed by atoms with Gasteiger partial charge in [0.1, 0.15) is 0 Å². The summed E-state index contributed by atoms with van der Waals surface area (Å²) in [7, 11) is 0. The summed E-state index contributed by atoms with van der Waals surface area (Å²) in [5.74, 6) is 0.532. The number of aryl methyl sites for hydroxylation is 4. The number of hydrogen-bond acceptors (Lipinski definition) is 3. The quantitative estimate of drug-likeness (QED) is 0.924. The molecule has 0 saturated heterocycles. The van der Waals surface area contributed by atoms with Gasteiger partial charge in [0.05, 0.1) is 5.69 Å². The van der Waals surface area contributed by atoms with Gasteiger partial charge in [0.25, 0.3) is 0 Å². The SMILES string of the molecule is CCn1cc(C)c(NCc2c(C)nn(CC)c2F)n1.Cl. The van der Waals surface area contributed by atoms with Crippen LogP contribution in [-0.4, -0.2) is 19.6 Å². The van der Waals surface area contributed by atoms with Crippen LogP contribution in [0.4, 0.5) is 10.2 Å². The van der Waals surface area contributed by atoms with E-state index in [1.165, 1.54) is 4.68 Å². The third kappa shape index (κ3) is 3.12. The minimum atomic E-state index is -0.264. The summed E-state index contributed by atoms with van der Waals surface area (Å²) in [5.41, 5.74) is 2.38. The molecule has 0 aliphatic carbocycles. The second kappa shape index (κ2) is 6.74. The Hall–Kier alpha value is -1.56. The Morgan fingerprint density at radius 1 is 1.20 bits per heavy atom. The Bertz CT molecular complexity index is 576. The van der Waals surface area contributed by atoms with Crippen molar-refractivity contribution in [2.45, 2.75) is 47.3 Å². The molecule has 20 heavy (non-hydrogen) atoms. The number of halogens is 2. The van der Waals surface area contributed by atoms with E-state index in [1.54, 1.807) is 0 Å². The fourth-order valence-corrected chi connectivity index (χ4v) is 2.03. The molecular weight excluding hydrogens is 281 g/mol. The summed E-state index contributed by atoms with van der Waals surface area (Å²) in [4.78, 5) is 0. The normalized spacial score (nSPS) is 10.4. The van der Waals surface area contributed by atoms with Crippen molar-refractivity contribution in [2.24, 2.45) is 0 Å². The van der Waals surface area contributed by atoms with Crippen molar-refractivity contribution in [1.82, 2.24) is 19.6 Å². The molecule has 0 unspecified atom stereocenters. The van der Waals surface area contributed by atoms with Gasteiger partial charge in [-0.25, -0.2) is 4.68 Å². The van der Waals surface area contributed by atoms with E-state index in [0.29, 0.717) is 18.7 Å². The first kappa shape index (κ1) is 16.5. The van der Waals surface area contributed by atoms with Crippen LogP contribution in [0, 0.1) is 19.8 Å². The van der Waals surface area contributed by atoms with Crippen molar-refractivity contribution in [3.63, 3.8) is 0 Å². The van der Waals surface area contributed by atoms with E-state index in [9.17, 15) is 4.39 Å². The second-order valence-electron chi connectivity index (χ2n) is 4.54. The predicted molar refractivity (Wildman–Crippen MR) is 79.8 cm³/mol. The van der Waals surface area contributed by atoms with Gasteiger partial charge in [-0.05, 0) is 27.7 Å². The van der Waals surface area contributed by atoms with Crippen LogP contribution in [0.3, 0.4) is 0 Å². The van der Waals surface area contributed by atoms with E-state index < -0.39 is 0 Å². The molecule has 7 heteroatoms. The standard InChI is InChI=1S/C13H20FN5.ClH/c1-5-18-8-9(3)13(17-18)15-7-11-10(4)16-19(6-2)12(11)14;/h8H,5-7H2,1-4H3,(H,15,17);1H. The van der Waals surface area contributed by atoms with E-state index in [4.69, 9.17) is 0 Å². The maximum absolute atomic E-state index is 14.0. The Balaban J connectivity index is 0.00000200. The molecule has 2 aromatic heterocycles. The third-order valence-corrected chi connectivity index (χ3v) is 3.18. The molecule has 0 saturated carbocycles. The van der Waals surface area contributed by atoms with Crippen LogP contribution >= 0.6 is 12.4 Å². The van der Waals surface area contributed by atoms with Gasteiger partial charge in [-0.1, -0.05) is 0 Å². The van der Waals surface area contributed by atoms with Gasteiger partial charge in [-0.15, -0.1) is 12.4 Å². The molecule has 0 bridgehead atoms. The lowest BCUT2D eigenvalue weighted by Gasteiger charge is -2.03. The Kier molecular flexibility index (Phi) is 5.56. The first-order chi connectivity index (χ1) is 9.06. The Labute approximate surface area is 124 Å². The van der Waals surface area contributed by atoms with Crippen LogP contribution in [0.5, 0.6) is 0 Å². The molecule has 5 nitrogen and oxygen atoms in total. The van der Waals surface area contributed by atoms with Gasteiger partial charge >= 0.3 is 0 Å². The number of nitrogens with one attached hydrogen (secondary N) is 1. The molecule has 0 aliphatic rings. The topological polar surface area (TPSA) is 47.7 Å². The highest BCUT2D eigenvalue weighted by atomic mass is 35.5. The average molecular weight is 302 g/mol. The minimum Gasteiger partial charge on any atom is -0.364 e. The smallest absolute Gasteiger partial charge is 0.216 e. The highest BCUT2D eigenvalue weighted by molar-refractivity contribution is 5.85. The highest BCUT2D eigenvalue weighted by Gasteiger charge is 2.14. The van der Waals surface area contributed by atoms with Gasteiger partial charge < -0.3 is 5.32 Å².